The topological polar surface area (TPSA) is 67.2 Å². The summed E-state index contributed by atoms with van der Waals surface area (Å²) in [6.45, 7) is 5.18. The first-order valence-corrected chi connectivity index (χ1v) is 6.70. The fraction of sp³-hybridized carbons (Fsp3) is 0.500. The van der Waals surface area contributed by atoms with Crippen molar-refractivity contribution in [3.63, 3.8) is 0 Å². The summed E-state index contributed by atoms with van der Waals surface area (Å²) >= 11 is 0. The fourth-order valence-corrected chi connectivity index (χ4v) is 2.38. The molecule has 0 spiro atoms. The number of nitrogens with one attached hydrogen (secondary N) is 1. The molecular weight excluding hydrogens is 240 g/mol. The summed E-state index contributed by atoms with van der Waals surface area (Å²) in [5.74, 6) is 0. The molecule has 96 valence electrons. The van der Waals surface area contributed by atoms with E-state index >= 15 is 0 Å². The molecular formula is C10H18N4O2S. The molecule has 0 saturated heterocycles. The molecule has 7 heteroatoms. The number of aromatic nitrogens is 2. The van der Waals surface area contributed by atoms with Crippen LogP contribution in [0.3, 0.4) is 0 Å². The molecule has 0 radical (unpaired) electrons. The van der Waals surface area contributed by atoms with Crippen molar-refractivity contribution in [1.82, 2.24) is 19.4 Å². The smallest absolute Gasteiger partial charge is 0.246 e. The summed E-state index contributed by atoms with van der Waals surface area (Å²) in [7, 11) is -0.0988. The van der Waals surface area contributed by atoms with Crippen molar-refractivity contribution in [2.75, 3.05) is 27.2 Å². The van der Waals surface area contributed by atoms with Gasteiger partial charge in [0.2, 0.25) is 10.0 Å². The second-order valence-electron chi connectivity index (χ2n) is 3.62. The van der Waals surface area contributed by atoms with Crippen LogP contribution < -0.4 is 5.32 Å². The summed E-state index contributed by atoms with van der Waals surface area (Å²) < 4.78 is 26.9. The molecule has 0 unspecified atom stereocenters. The van der Waals surface area contributed by atoms with Gasteiger partial charge in [-0.25, -0.2) is 8.42 Å². The Morgan fingerprint density at radius 3 is 2.94 bits per heavy atom. The minimum Gasteiger partial charge on any atom is -0.318 e. The second-order valence-corrected chi connectivity index (χ2v) is 5.66. The Labute approximate surface area is 102 Å². The van der Waals surface area contributed by atoms with Crippen molar-refractivity contribution < 1.29 is 8.42 Å². The highest BCUT2D eigenvalue weighted by Gasteiger charge is 2.21. The van der Waals surface area contributed by atoms with Gasteiger partial charge in [0.15, 0.2) is 0 Å². The predicted octanol–water partition coefficient (Wildman–Crippen LogP) is -0.0910. The van der Waals surface area contributed by atoms with Gasteiger partial charge in [0.05, 0.1) is 12.7 Å². The van der Waals surface area contributed by atoms with Crippen LogP contribution in [0.1, 0.15) is 0 Å². The van der Waals surface area contributed by atoms with Crippen LogP contribution in [-0.2, 0) is 16.6 Å². The number of sulfonamides is 1. The number of hydrogen-bond donors (Lipinski definition) is 1. The maximum atomic E-state index is 12.0. The quantitative estimate of drug-likeness (QED) is 0.694. The largest absolute Gasteiger partial charge is 0.318 e. The molecule has 0 aliphatic rings. The van der Waals surface area contributed by atoms with E-state index < -0.39 is 10.0 Å². The Morgan fingerprint density at radius 1 is 1.65 bits per heavy atom. The van der Waals surface area contributed by atoms with Gasteiger partial charge in [-0.05, 0) is 7.05 Å². The highest BCUT2D eigenvalue weighted by molar-refractivity contribution is 7.89. The SMILES string of the molecule is C=CCN(C)S(=O)(=O)c1cnn(CCNC)c1. The van der Waals surface area contributed by atoms with E-state index in [9.17, 15) is 8.42 Å². The molecule has 1 aromatic heterocycles. The summed E-state index contributed by atoms with van der Waals surface area (Å²) in [5, 5.41) is 6.98. The molecule has 0 atom stereocenters. The molecule has 6 nitrogen and oxygen atoms in total. The summed E-state index contributed by atoms with van der Waals surface area (Å²) in [4.78, 5) is 0.206. The van der Waals surface area contributed by atoms with Crippen LogP contribution in [-0.4, -0.2) is 49.7 Å². The molecule has 0 amide bonds. The third-order valence-corrected chi connectivity index (χ3v) is 4.07. The first kappa shape index (κ1) is 13.9. The zero-order valence-electron chi connectivity index (χ0n) is 10.1. The minimum atomic E-state index is -3.45. The Balaban J connectivity index is 2.84. The zero-order valence-corrected chi connectivity index (χ0v) is 10.9. The number of hydrogen-bond acceptors (Lipinski definition) is 4. The highest BCUT2D eigenvalue weighted by Crippen LogP contribution is 2.12. The Morgan fingerprint density at radius 2 is 2.35 bits per heavy atom. The van der Waals surface area contributed by atoms with E-state index in [1.807, 2.05) is 7.05 Å². The van der Waals surface area contributed by atoms with E-state index in [1.54, 1.807) is 10.8 Å². The van der Waals surface area contributed by atoms with Gasteiger partial charge in [0.25, 0.3) is 0 Å². The summed E-state index contributed by atoms with van der Waals surface area (Å²) in [6.07, 6.45) is 4.44. The number of rotatable bonds is 7. The van der Waals surface area contributed by atoms with Crippen molar-refractivity contribution in [1.29, 1.82) is 0 Å². The van der Waals surface area contributed by atoms with Gasteiger partial charge in [-0.2, -0.15) is 9.40 Å². The summed E-state index contributed by atoms with van der Waals surface area (Å²) in [6, 6.07) is 0. The lowest BCUT2D eigenvalue weighted by Crippen LogP contribution is -2.26. The maximum absolute atomic E-state index is 12.0. The van der Waals surface area contributed by atoms with Crippen LogP contribution in [0.2, 0.25) is 0 Å². The average molecular weight is 258 g/mol. The standard InChI is InChI=1S/C10H18N4O2S/c1-4-6-13(3)17(15,16)10-8-12-14(9-10)7-5-11-2/h4,8-9,11H,1,5-7H2,2-3H3. The fourth-order valence-electron chi connectivity index (χ4n) is 1.29. The van der Waals surface area contributed by atoms with E-state index in [1.165, 1.54) is 23.7 Å². The molecule has 1 N–H and O–H groups in total. The predicted molar refractivity (Wildman–Crippen MR) is 66.2 cm³/mol. The molecule has 17 heavy (non-hydrogen) atoms. The van der Waals surface area contributed by atoms with Gasteiger partial charge in [0.1, 0.15) is 4.90 Å². The first-order chi connectivity index (χ1) is 8.02. The van der Waals surface area contributed by atoms with Crippen LogP contribution in [0, 0.1) is 0 Å². The van der Waals surface area contributed by atoms with Crippen LogP contribution in [0.5, 0.6) is 0 Å². The Hall–Kier alpha value is -1.18. The number of likely N-dealkylation sites (N-methyl/N-ethyl adjacent to an activating group) is 2. The van der Waals surface area contributed by atoms with Crippen LogP contribution in [0.25, 0.3) is 0 Å². The van der Waals surface area contributed by atoms with Crippen LogP contribution in [0.15, 0.2) is 29.9 Å². The molecule has 1 heterocycles. The van der Waals surface area contributed by atoms with Gasteiger partial charge < -0.3 is 5.32 Å². The molecule has 0 bridgehead atoms. The Kier molecular flexibility index (Phi) is 4.86. The van der Waals surface area contributed by atoms with Gasteiger partial charge in [-0.3, -0.25) is 4.68 Å². The van der Waals surface area contributed by atoms with Crippen LogP contribution in [0.4, 0.5) is 0 Å². The van der Waals surface area contributed by atoms with Crippen molar-refractivity contribution in [2.45, 2.75) is 11.4 Å². The van der Waals surface area contributed by atoms with Crippen molar-refractivity contribution in [2.24, 2.45) is 0 Å². The zero-order chi connectivity index (χ0) is 12.9. The van der Waals surface area contributed by atoms with E-state index in [-0.39, 0.29) is 11.4 Å². The van der Waals surface area contributed by atoms with Gasteiger partial charge in [-0.1, -0.05) is 6.08 Å². The van der Waals surface area contributed by atoms with Crippen molar-refractivity contribution in [3.05, 3.63) is 25.0 Å². The monoisotopic (exact) mass is 258 g/mol. The van der Waals surface area contributed by atoms with Crippen molar-refractivity contribution >= 4 is 10.0 Å². The minimum absolute atomic E-state index is 0.206. The van der Waals surface area contributed by atoms with E-state index in [2.05, 4.69) is 17.0 Å². The molecule has 0 aliphatic heterocycles. The molecule has 0 fully saturated rings. The van der Waals surface area contributed by atoms with Gasteiger partial charge >= 0.3 is 0 Å². The van der Waals surface area contributed by atoms with Crippen LogP contribution >= 0.6 is 0 Å². The first-order valence-electron chi connectivity index (χ1n) is 5.26. The Bertz CT molecular complexity index is 466. The molecule has 1 aromatic rings. The van der Waals surface area contributed by atoms with Gasteiger partial charge in [0, 0.05) is 26.3 Å². The molecule has 0 saturated carbocycles. The third-order valence-electron chi connectivity index (χ3n) is 2.29. The average Bonchev–Trinajstić information content (AvgIpc) is 2.75. The summed E-state index contributed by atoms with van der Waals surface area (Å²) in [5.41, 5.74) is 0. The lowest BCUT2D eigenvalue weighted by atomic mass is 10.6. The maximum Gasteiger partial charge on any atom is 0.246 e. The molecule has 1 rings (SSSR count). The molecule has 0 aromatic carbocycles. The lowest BCUT2D eigenvalue weighted by molar-refractivity contribution is 0.499. The van der Waals surface area contributed by atoms with Gasteiger partial charge in [-0.15, -0.1) is 6.58 Å². The van der Waals surface area contributed by atoms with Crippen molar-refractivity contribution in [3.8, 4) is 0 Å². The van der Waals surface area contributed by atoms with E-state index in [0.29, 0.717) is 6.54 Å². The number of nitrogens with zero attached hydrogens (tertiary/aromatic N) is 3. The second kappa shape index (κ2) is 5.95. The third kappa shape index (κ3) is 3.39. The lowest BCUT2D eigenvalue weighted by Gasteiger charge is -2.13. The molecule has 0 aliphatic carbocycles. The van der Waals surface area contributed by atoms with E-state index in [4.69, 9.17) is 0 Å². The normalized spacial score (nSPS) is 11.9. The van der Waals surface area contributed by atoms with E-state index in [0.717, 1.165) is 6.54 Å². The highest BCUT2D eigenvalue weighted by atomic mass is 32.2.